The molecule has 32 heavy (non-hydrogen) atoms. The van der Waals surface area contributed by atoms with Crippen LogP contribution < -0.4 is 0 Å². The van der Waals surface area contributed by atoms with Gasteiger partial charge in [-0.05, 0) is 38.1 Å². The number of para-hydroxylation sites is 1. The van der Waals surface area contributed by atoms with E-state index in [9.17, 15) is 9.18 Å². The highest BCUT2D eigenvalue weighted by atomic mass is 32.2. The second-order valence-corrected chi connectivity index (χ2v) is 8.61. The fourth-order valence-corrected chi connectivity index (χ4v) is 4.90. The molecule has 0 aliphatic carbocycles. The van der Waals surface area contributed by atoms with Gasteiger partial charge < -0.3 is 4.90 Å². The normalized spacial score (nSPS) is 11.0. The molecular formula is C22H21FN6OS2. The highest BCUT2D eigenvalue weighted by Crippen LogP contribution is 2.31. The Labute approximate surface area is 193 Å². The lowest BCUT2D eigenvalue weighted by atomic mass is 10.2. The summed E-state index contributed by atoms with van der Waals surface area (Å²) in [6.07, 6.45) is 3.34. The highest BCUT2D eigenvalue weighted by Gasteiger charge is 2.20. The van der Waals surface area contributed by atoms with Gasteiger partial charge in [-0.25, -0.2) is 9.37 Å². The summed E-state index contributed by atoms with van der Waals surface area (Å²) in [5.74, 6) is 0.536. The van der Waals surface area contributed by atoms with E-state index in [1.807, 2.05) is 19.9 Å². The van der Waals surface area contributed by atoms with Crippen LogP contribution in [0.5, 0.6) is 0 Å². The summed E-state index contributed by atoms with van der Waals surface area (Å²) in [6, 6.07) is 10.2. The maximum atomic E-state index is 14.7. The van der Waals surface area contributed by atoms with Gasteiger partial charge in [0.2, 0.25) is 0 Å². The van der Waals surface area contributed by atoms with E-state index < -0.39 is 0 Å². The van der Waals surface area contributed by atoms with Gasteiger partial charge in [0.05, 0.1) is 11.4 Å². The van der Waals surface area contributed by atoms with Crippen molar-refractivity contribution in [1.82, 2.24) is 29.6 Å². The first-order chi connectivity index (χ1) is 15.6. The van der Waals surface area contributed by atoms with Gasteiger partial charge in [-0.3, -0.25) is 14.3 Å². The molecule has 0 saturated heterocycles. The number of pyridine rings is 1. The molecule has 3 aromatic heterocycles. The van der Waals surface area contributed by atoms with E-state index in [2.05, 4.69) is 20.2 Å². The summed E-state index contributed by atoms with van der Waals surface area (Å²) in [5, 5.41) is 11.7. The van der Waals surface area contributed by atoms with E-state index in [4.69, 9.17) is 0 Å². The molecule has 0 aliphatic rings. The lowest BCUT2D eigenvalue weighted by molar-refractivity contribution is 0.0768. The van der Waals surface area contributed by atoms with E-state index in [0.29, 0.717) is 41.2 Å². The van der Waals surface area contributed by atoms with Gasteiger partial charge >= 0.3 is 0 Å². The minimum Gasteiger partial charge on any atom is -0.338 e. The molecule has 3 heterocycles. The summed E-state index contributed by atoms with van der Waals surface area (Å²) >= 11 is 2.81. The molecule has 4 rings (SSSR count). The Balaban J connectivity index is 1.62. The monoisotopic (exact) mass is 468 g/mol. The SMILES string of the molecule is CCN(CC)C(=O)c1csc(CSc2nnc(-c3cccnc3)n2-c2ccccc2F)n1. The minimum atomic E-state index is -0.374. The summed E-state index contributed by atoms with van der Waals surface area (Å²) in [6.45, 7) is 5.17. The van der Waals surface area contributed by atoms with Crippen molar-refractivity contribution in [3.63, 3.8) is 0 Å². The second kappa shape index (κ2) is 10.0. The first kappa shape index (κ1) is 22.1. The number of nitrogens with zero attached hydrogens (tertiary/aromatic N) is 6. The first-order valence-electron chi connectivity index (χ1n) is 10.1. The van der Waals surface area contributed by atoms with Gasteiger partial charge in [0.25, 0.3) is 5.91 Å². The van der Waals surface area contributed by atoms with E-state index in [0.717, 1.165) is 10.6 Å². The predicted molar refractivity (Wildman–Crippen MR) is 123 cm³/mol. The number of rotatable bonds is 8. The number of thiazole rings is 1. The maximum Gasteiger partial charge on any atom is 0.273 e. The van der Waals surface area contributed by atoms with Crippen molar-refractivity contribution < 1.29 is 9.18 Å². The summed E-state index contributed by atoms with van der Waals surface area (Å²) in [5.41, 5.74) is 1.53. The number of aromatic nitrogens is 5. The van der Waals surface area contributed by atoms with Crippen LogP contribution in [-0.2, 0) is 5.75 Å². The van der Waals surface area contributed by atoms with Gasteiger partial charge in [0.1, 0.15) is 16.5 Å². The molecule has 7 nitrogen and oxygen atoms in total. The van der Waals surface area contributed by atoms with Crippen LogP contribution in [0.1, 0.15) is 29.3 Å². The molecule has 0 aliphatic heterocycles. The fraction of sp³-hybridized carbons (Fsp3) is 0.227. The average molecular weight is 469 g/mol. The largest absolute Gasteiger partial charge is 0.338 e. The molecular weight excluding hydrogens is 447 g/mol. The number of benzene rings is 1. The standard InChI is InChI=1S/C22H21FN6OS2/c1-3-28(4-2)21(30)17-13-31-19(25-17)14-32-22-27-26-20(15-8-7-11-24-12-15)29(22)18-10-6-5-9-16(18)23/h5-13H,3-4,14H2,1-2H3. The molecule has 0 spiro atoms. The molecule has 0 bridgehead atoms. The van der Waals surface area contributed by atoms with Crippen LogP contribution in [0.2, 0.25) is 0 Å². The minimum absolute atomic E-state index is 0.0733. The second-order valence-electron chi connectivity index (χ2n) is 6.73. The van der Waals surface area contributed by atoms with Gasteiger partial charge in [0, 0.05) is 36.4 Å². The maximum absolute atomic E-state index is 14.7. The highest BCUT2D eigenvalue weighted by molar-refractivity contribution is 7.98. The fourth-order valence-electron chi connectivity index (χ4n) is 3.17. The third-order valence-corrected chi connectivity index (χ3v) is 6.76. The van der Waals surface area contributed by atoms with Crippen LogP contribution in [0.25, 0.3) is 17.1 Å². The van der Waals surface area contributed by atoms with Crippen LogP contribution in [0.15, 0.2) is 59.3 Å². The molecule has 0 atom stereocenters. The van der Waals surface area contributed by atoms with Crippen molar-refractivity contribution >= 4 is 29.0 Å². The molecule has 0 radical (unpaired) electrons. The van der Waals surface area contributed by atoms with Gasteiger partial charge in [-0.1, -0.05) is 23.9 Å². The van der Waals surface area contributed by atoms with Crippen LogP contribution in [0.3, 0.4) is 0 Å². The zero-order chi connectivity index (χ0) is 22.5. The zero-order valence-electron chi connectivity index (χ0n) is 17.6. The van der Waals surface area contributed by atoms with Crippen LogP contribution in [0, 0.1) is 5.82 Å². The lowest BCUT2D eigenvalue weighted by Crippen LogP contribution is -2.30. The summed E-state index contributed by atoms with van der Waals surface area (Å²) in [7, 11) is 0. The Morgan fingerprint density at radius 1 is 1.16 bits per heavy atom. The smallest absolute Gasteiger partial charge is 0.273 e. The van der Waals surface area contributed by atoms with E-state index in [-0.39, 0.29) is 11.7 Å². The molecule has 164 valence electrons. The number of hydrogen-bond acceptors (Lipinski definition) is 7. The topological polar surface area (TPSA) is 76.8 Å². The molecule has 0 N–H and O–H groups in total. The van der Waals surface area contributed by atoms with Crippen molar-refractivity contribution in [3.8, 4) is 17.1 Å². The van der Waals surface area contributed by atoms with E-state index >= 15 is 0 Å². The third kappa shape index (κ3) is 4.56. The quantitative estimate of drug-likeness (QED) is 0.349. The Kier molecular flexibility index (Phi) is 6.91. The van der Waals surface area contributed by atoms with Crippen molar-refractivity contribution in [2.75, 3.05) is 13.1 Å². The molecule has 0 saturated carbocycles. The number of hydrogen-bond donors (Lipinski definition) is 0. The molecule has 4 aromatic rings. The number of thioether (sulfide) groups is 1. The molecule has 10 heteroatoms. The summed E-state index contributed by atoms with van der Waals surface area (Å²) < 4.78 is 16.4. The number of halogens is 1. The van der Waals surface area contributed by atoms with Crippen LogP contribution in [-0.4, -0.2) is 48.6 Å². The average Bonchev–Trinajstić information content (AvgIpc) is 3.46. The molecule has 1 amide bonds. The Morgan fingerprint density at radius 2 is 1.97 bits per heavy atom. The first-order valence-corrected chi connectivity index (χ1v) is 12.0. The van der Waals surface area contributed by atoms with Gasteiger partial charge in [-0.15, -0.1) is 21.5 Å². The predicted octanol–water partition coefficient (Wildman–Crippen LogP) is 4.70. The van der Waals surface area contributed by atoms with E-state index in [1.165, 1.54) is 29.2 Å². The molecule has 1 aromatic carbocycles. The number of carbonyl (C=O) groups excluding carboxylic acids is 1. The lowest BCUT2D eigenvalue weighted by Gasteiger charge is -2.16. The van der Waals surface area contributed by atoms with Crippen molar-refractivity contribution in [1.29, 1.82) is 0 Å². The van der Waals surface area contributed by atoms with Gasteiger partial charge in [0.15, 0.2) is 11.0 Å². The van der Waals surface area contributed by atoms with Crippen LogP contribution in [0.4, 0.5) is 4.39 Å². The Morgan fingerprint density at radius 3 is 2.69 bits per heavy atom. The van der Waals surface area contributed by atoms with Crippen molar-refractivity contribution in [2.45, 2.75) is 24.8 Å². The number of carbonyl (C=O) groups is 1. The van der Waals surface area contributed by atoms with Crippen LogP contribution >= 0.6 is 23.1 Å². The Hall–Kier alpha value is -3.11. The molecule has 0 fully saturated rings. The Bertz CT molecular complexity index is 1210. The number of amides is 1. The van der Waals surface area contributed by atoms with Crippen molar-refractivity contribution in [3.05, 3.63) is 70.7 Å². The molecule has 0 unspecified atom stereocenters. The summed E-state index contributed by atoms with van der Waals surface area (Å²) in [4.78, 5) is 22.9. The van der Waals surface area contributed by atoms with Crippen molar-refractivity contribution in [2.24, 2.45) is 0 Å². The van der Waals surface area contributed by atoms with E-state index in [1.54, 1.807) is 51.5 Å². The zero-order valence-corrected chi connectivity index (χ0v) is 19.2. The third-order valence-electron chi connectivity index (χ3n) is 4.79. The van der Waals surface area contributed by atoms with Gasteiger partial charge in [-0.2, -0.15) is 0 Å².